The molecule has 0 atom stereocenters. The van der Waals surface area contributed by atoms with Gasteiger partial charge in [-0.05, 0) is 46.5 Å². The third kappa shape index (κ3) is 2.74. The van der Waals surface area contributed by atoms with Gasteiger partial charge in [-0.15, -0.1) is 0 Å². The topological polar surface area (TPSA) is 9.23 Å². The van der Waals surface area contributed by atoms with Gasteiger partial charge in [-0.2, -0.15) is 0 Å². The summed E-state index contributed by atoms with van der Waals surface area (Å²) in [5.74, 6) is 1.34. The molecular formula is C11H13Br2O. The lowest BCUT2D eigenvalue weighted by Gasteiger charge is -2.15. The third-order valence-corrected chi connectivity index (χ3v) is 2.95. The van der Waals surface area contributed by atoms with E-state index in [1.807, 2.05) is 6.07 Å². The SMILES string of the molecule is [CH2]COc1c(Br)cc(Br)cc1C(C)C. The molecule has 0 bridgehead atoms. The minimum absolute atomic E-state index is 0.436. The van der Waals surface area contributed by atoms with Crippen LogP contribution in [0.1, 0.15) is 25.3 Å². The molecule has 0 spiro atoms. The van der Waals surface area contributed by atoms with Gasteiger partial charge in [-0.1, -0.05) is 29.8 Å². The Morgan fingerprint density at radius 1 is 1.36 bits per heavy atom. The molecule has 1 nitrogen and oxygen atoms in total. The van der Waals surface area contributed by atoms with Crippen molar-refractivity contribution in [2.45, 2.75) is 19.8 Å². The van der Waals surface area contributed by atoms with Crippen LogP contribution in [0.15, 0.2) is 21.1 Å². The second kappa shape index (κ2) is 5.17. The van der Waals surface area contributed by atoms with E-state index < -0.39 is 0 Å². The zero-order chi connectivity index (χ0) is 10.7. The maximum atomic E-state index is 5.51. The van der Waals surface area contributed by atoms with Crippen molar-refractivity contribution in [3.8, 4) is 5.75 Å². The molecule has 0 N–H and O–H groups in total. The first-order chi connectivity index (χ1) is 6.56. The fourth-order valence-corrected chi connectivity index (χ4v) is 2.64. The second-order valence-corrected chi connectivity index (χ2v) is 5.08. The lowest BCUT2D eigenvalue weighted by Crippen LogP contribution is -1.99. The second-order valence-electron chi connectivity index (χ2n) is 3.31. The van der Waals surface area contributed by atoms with Crippen LogP contribution in [0.3, 0.4) is 0 Å². The summed E-state index contributed by atoms with van der Waals surface area (Å²) in [5, 5.41) is 0. The molecule has 0 saturated carbocycles. The molecule has 0 aliphatic heterocycles. The third-order valence-electron chi connectivity index (χ3n) is 1.91. The van der Waals surface area contributed by atoms with Gasteiger partial charge in [0.05, 0.1) is 11.1 Å². The minimum Gasteiger partial charge on any atom is -0.492 e. The zero-order valence-electron chi connectivity index (χ0n) is 8.31. The Morgan fingerprint density at radius 2 is 2.00 bits per heavy atom. The van der Waals surface area contributed by atoms with E-state index in [-0.39, 0.29) is 0 Å². The molecule has 14 heavy (non-hydrogen) atoms. The van der Waals surface area contributed by atoms with Gasteiger partial charge in [-0.3, -0.25) is 0 Å². The Kier molecular flexibility index (Phi) is 4.45. The van der Waals surface area contributed by atoms with E-state index in [1.165, 1.54) is 5.56 Å². The normalized spacial score (nSPS) is 10.7. The van der Waals surface area contributed by atoms with Crippen LogP contribution in [0.5, 0.6) is 5.75 Å². The van der Waals surface area contributed by atoms with Crippen molar-refractivity contribution in [3.05, 3.63) is 33.6 Å². The molecule has 1 aromatic rings. The number of halogens is 2. The van der Waals surface area contributed by atoms with Crippen LogP contribution in [0.2, 0.25) is 0 Å². The zero-order valence-corrected chi connectivity index (χ0v) is 11.5. The molecule has 0 aromatic heterocycles. The van der Waals surface area contributed by atoms with Crippen LogP contribution in [0.25, 0.3) is 0 Å². The number of hydrogen-bond donors (Lipinski definition) is 0. The molecule has 0 fully saturated rings. The quantitative estimate of drug-likeness (QED) is 0.794. The lowest BCUT2D eigenvalue weighted by atomic mass is 10.0. The summed E-state index contributed by atoms with van der Waals surface area (Å²) >= 11 is 6.95. The molecule has 0 aliphatic carbocycles. The highest BCUT2D eigenvalue weighted by atomic mass is 79.9. The number of ether oxygens (including phenoxy) is 1. The highest BCUT2D eigenvalue weighted by Crippen LogP contribution is 2.36. The number of rotatable bonds is 3. The van der Waals surface area contributed by atoms with Gasteiger partial charge in [0.15, 0.2) is 0 Å². The van der Waals surface area contributed by atoms with Crippen molar-refractivity contribution in [3.63, 3.8) is 0 Å². The van der Waals surface area contributed by atoms with Crippen LogP contribution in [0.4, 0.5) is 0 Å². The lowest BCUT2D eigenvalue weighted by molar-refractivity contribution is 0.353. The first-order valence-electron chi connectivity index (χ1n) is 4.47. The highest BCUT2D eigenvalue weighted by molar-refractivity contribution is 9.11. The molecule has 3 heteroatoms. The molecule has 1 rings (SSSR count). The molecule has 1 radical (unpaired) electrons. The van der Waals surface area contributed by atoms with Gasteiger partial charge in [0.1, 0.15) is 5.75 Å². The van der Waals surface area contributed by atoms with Crippen molar-refractivity contribution in [2.75, 3.05) is 6.61 Å². The Bertz CT molecular complexity index is 321. The fraction of sp³-hybridized carbons (Fsp3) is 0.364. The van der Waals surface area contributed by atoms with E-state index >= 15 is 0 Å². The standard InChI is InChI=1S/C11H13Br2O/c1-4-14-11-9(7(2)3)5-8(12)6-10(11)13/h5-7H,1,4H2,2-3H3. The Hall–Kier alpha value is -0.0200. The Balaban J connectivity index is 3.21. The molecule has 1 aromatic carbocycles. The van der Waals surface area contributed by atoms with Crippen molar-refractivity contribution < 1.29 is 4.74 Å². The molecule has 0 amide bonds. The molecule has 0 heterocycles. The van der Waals surface area contributed by atoms with E-state index in [0.717, 1.165) is 14.7 Å². The molecule has 0 aliphatic rings. The van der Waals surface area contributed by atoms with Crippen LogP contribution in [-0.2, 0) is 0 Å². The predicted octanol–water partition coefficient (Wildman–Crippen LogP) is 4.55. The first-order valence-corrected chi connectivity index (χ1v) is 6.05. The molecule has 77 valence electrons. The summed E-state index contributed by atoms with van der Waals surface area (Å²) in [4.78, 5) is 0. The van der Waals surface area contributed by atoms with Gasteiger partial charge in [-0.25, -0.2) is 0 Å². The van der Waals surface area contributed by atoms with Gasteiger partial charge in [0.25, 0.3) is 0 Å². The average molecular weight is 321 g/mol. The summed E-state index contributed by atoms with van der Waals surface area (Å²) in [6, 6.07) is 4.07. The van der Waals surface area contributed by atoms with Crippen LogP contribution >= 0.6 is 31.9 Å². The van der Waals surface area contributed by atoms with Crippen LogP contribution in [-0.4, -0.2) is 6.61 Å². The van der Waals surface area contributed by atoms with Gasteiger partial charge >= 0.3 is 0 Å². The van der Waals surface area contributed by atoms with E-state index in [9.17, 15) is 0 Å². The predicted molar refractivity (Wildman–Crippen MR) is 66.8 cm³/mol. The summed E-state index contributed by atoms with van der Waals surface area (Å²) in [6.07, 6.45) is 0. The van der Waals surface area contributed by atoms with Crippen molar-refractivity contribution in [1.82, 2.24) is 0 Å². The minimum atomic E-state index is 0.436. The Morgan fingerprint density at radius 3 is 2.50 bits per heavy atom. The van der Waals surface area contributed by atoms with Crippen LogP contribution < -0.4 is 4.74 Å². The average Bonchev–Trinajstić information content (AvgIpc) is 2.09. The maximum Gasteiger partial charge on any atom is 0.136 e. The van der Waals surface area contributed by atoms with E-state index in [2.05, 4.69) is 58.7 Å². The van der Waals surface area contributed by atoms with Gasteiger partial charge in [0.2, 0.25) is 0 Å². The fourth-order valence-electron chi connectivity index (χ4n) is 1.26. The number of hydrogen-bond acceptors (Lipinski definition) is 1. The maximum absolute atomic E-state index is 5.51. The van der Waals surface area contributed by atoms with Gasteiger partial charge < -0.3 is 4.74 Å². The number of benzene rings is 1. The van der Waals surface area contributed by atoms with Crippen molar-refractivity contribution in [1.29, 1.82) is 0 Å². The molecule has 0 unspecified atom stereocenters. The smallest absolute Gasteiger partial charge is 0.136 e. The monoisotopic (exact) mass is 319 g/mol. The van der Waals surface area contributed by atoms with Crippen molar-refractivity contribution in [2.24, 2.45) is 0 Å². The Labute approximate surface area is 102 Å². The van der Waals surface area contributed by atoms with E-state index in [4.69, 9.17) is 4.74 Å². The van der Waals surface area contributed by atoms with Gasteiger partial charge in [0, 0.05) is 4.47 Å². The summed E-state index contributed by atoms with van der Waals surface area (Å²) in [7, 11) is 0. The molecule has 0 saturated heterocycles. The van der Waals surface area contributed by atoms with E-state index in [0.29, 0.717) is 12.5 Å². The molecular weight excluding hydrogens is 308 g/mol. The summed E-state index contributed by atoms with van der Waals surface area (Å²) < 4.78 is 7.54. The van der Waals surface area contributed by atoms with Crippen LogP contribution in [0, 0.1) is 6.92 Å². The van der Waals surface area contributed by atoms with E-state index in [1.54, 1.807) is 0 Å². The summed E-state index contributed by atoms with van der Waals surface area (Å²) in [6.45, 7) is 8.42. The summed E-state index contributed by atoms with van der Waals surface area (Å²) in [5.41, 5.74) is 1.19. The van der Waals surface area contributed by atoms with Crippen molar-refractivity contribution >= 4 is 31.9 Å². The first kappa shape index (κ1) is 12.1. The largest absolute Gasteiger partial charge is 0.492 e. The highest BCUT2D eigenvalue weighted by Gasteiger charge is 2.12.